The van der Waals surface area contributed by atoms with Crippen molar-refractivity contribution < 1.29 is 43.9 Å². The Hall–Kier alpha value is -7.02. The molecule has 0 spiro atoms. The fourth-order valence-corrected chi connectivity index (χ4v) is 7.17. The zero-order chi connectivity index (χ0) is 43.7. The summed E-state index contributed by atoms with van der Waals surface area (Å²) in [6.07, 6.45) is 2.17. The lowest BCUT2D eigenvalue weighted by Crippen LogP contribution is -2.59. The van der Waals surface area contributed by atoms with E-state index in [0.717, 1.165) is 23.0 Å². The molecule has 60 heavy (non-hydrogen) atoms. The lowest BCUT2D eigenvalue weighted by atomic mass is 10.00. The number of aliphatic hydroxyl groups excluding tert-OH is 1. The second-order valence-corrected chi connectivity index (χ2v) is 15.0. The van der Waals surface area contributed by atoms with Gasteiger partial charge in [0, 0.05) is 48.2 Å². The number of anilines is 1. The number of fused-ring (bicyclic) bond motifs is 1. The second-order valence-electron chi connectivity index (χ2n) is 15.0. The number of aromatic amines is 1. The average molecular weight is 828 g/mol. The molecule has 4 aromatic rings. The highest BCUT2D eigenvalue weighted by Gasteiger charge is 2.40. The Kier molecular flexibility index (Phi) is 14.4. The van der Waals surface area contributed by atoms with Gasteiger partial charge >= 0.3 is 5.69 Å². The smallest absolute Gasteiger partial charge is 0.310 e. The number of amides is 6. The van der Waals surface area contributed by atoms with Gasteiger partial charge in [-0.1, -0.05) is 50.2 Å². The number of aromatic hydroxyl groups is 1. The van der Waals surface area contributed by atoms with Gasteiger partial charge in [-0.2, -0.15) is 0 Å². The van der Waals surface area contributed by atoms with Crippen molar-refractivity contribution >= 4 is 57.7 Å². The van der Waals surface area contributed by atoms with Crippen LogP contribution in [0.25, 0.3) is 10.9 Å². The molecule has 1 saturated heterocycles. The Labute approximate surface area is 344 Å². The van der Waals surface area contributed by atoms with Gasteiger partial charge in [-0.25, -0.2) is 0 Å². The molecule has 1 fully saturated rings. The van der Waals surface area contributed by atoms with Crippen molar-refractivity contribution in [3.63, 3.8) is 0 Å². The third kappa shape index (κ3) is 10.7. The zero-order valence-corrected chi connectivity index (χ0v) is 33.1. The van der Waals surface area contributed by atoms with E-state index in [9.17, 15) is 49.1 Å². The minimum absolute atomic E-state index is 0.0335. The van der Waals surface area contributed by atoms with E-state index in [1.165, 1.54) is 23.1 Å². The van der Waals surface area contributed by atoms with E-state index >= 15 is 0 Å². The molecule has 0 bridgehead atoms. The third-order valence-corrected chi connectivity index (χ3v) is 10.2. The fourth-order valence-electron chi connectivity index (χ4n) is 7.17. The number of nitrogens with one attached hydrogen (secondary N) is 5. The summed E-state index contributed by atoms with van der Waals surface area (Å²) >= 11 is 0. The van der Waals surface area contributed by atoms with Gasteiger partial charge in [0.05, 0.1) is 17.1 Å². The fraction of sp³-hybridized carbons (Fsp3) is 0.366. The van der Waals surface area contributed by atoms with E-state index in [1.54, 1.807) is 18.3 Å². The SMILES string of the molecule is CC(C)C[C@H](NC(=O)[C@@H]1CCCN1C(=O)[C@H](Cc1c[nH]c2ccccc12)NC(=O)[C@H](CO)NC(=O)c1ccccc1N)C(=O)N[C@@H](Cc1ccc(O)c([N+](=O)[O-])c1)C(N)=O. The molecule has 5 rings (SSSR count). The molecule has 0 radical (unpaired) electrons. The summed E-state index contributed by atoms with van der Waals surface area (Å²) in [5, 5.41) is 42.6. The number of hydrogen-bond acceptors (Lipinski definition) is 11. The van der Waals surface area contributed by atoms with Gasteiger partial charge in [-0.3, -0.25) is 38.9 Å². The first-order valence-electron chi connectivity index (χ1n) is 19.4. The number of para-hydroxylation sites is 2. The number of likely N-dealkylation sites (tertiary alicyclic amines) is 1. The van der Waals surface area contributed by atoms with E-state index in [0.29, 0.717) is 12.0 Å². The maximum absolute atomic E-state index is 14.5. The average Bonchev–Trinajstić information content (AvgIpc) is 3.87. The number of phenols is 1. The molecule has 3 aromatic carbocycles. The van der Waals surface area contributed by atoms with Crippen LogP contribution in [0.4, 0.5) is 11.4 Å². The maximum Gasteiger partial charge on any atom is 0.310 e. The molecule has 19 nitrogen and oxygen atoms in total. The molecule has 11 N–H and O–H groups in total. The van der Waals surface area contributed by atoms with E-state index in [2.05, 4.69) is 26.3 Å². The number of carbonyl (C=O) groups is 6. The Morgan fingerprint density at radius 1 is 0.900 bits per heavy atom. The first kappa shape index (κ1) is 44.1. The topological polar surface area (TPSA) is 305 Å². The van der Waals surface area contributed by atoms with Crippen molar-refractivity contribution in [2.75, 3.05) is 18.9 Å². The molecular weight excluding hydrogens is 779 g/mol. The van der Waals surface area contributed by atoms with Crippen molar-refractivity contribution in [2.45, 2.75) is 76.2 Å². The summed E-state index contributed by atoms with van der Waals surface area (Å²) in [6, 6.07) is 10.7. The number of primary amides is 1. The van der Waals surface area contributed by atoms with Crippen molar-refractivity contribution in [3.05, 3.63) is 99.7 Å². The highest BCUT2D eigenvalue weighted by atomic mass is 16.6. The number of aliphatic hydroxyl groups is 1. The molecule has 1 aliphatic heterocycles. The predicted octanol–water partition coefficient (Wildman–Crippen LogP) is 0.917. The van der Waals surface area contributed by atoms with Crippen LogP contribution < -0.4 is 32.7 Å². The van der Waals surface area contributed by atoms with Crippen LogP contribution in [0.3, 0.4) is 0 Å². The standard InChI is InChI=1S/C41H49N9O10/c1-22(2)16-30(38(55)45-29(36(43)53)17-23-13-14-35(52)34(18-23)50(59)60)46-40(57)33-12-7-15-49(33)41(58)31(19-24-20-44-28-11-6-4-8-25(24)28)47-39(56)32(21-51)48-37(54)26-9-3-5-10-27(26)42/h3-6,8-11,13-14,18,20,22,29-33,44,51-52H,7,12,15-17,19,21,42H2,1-2H3,(H2,43,53)(H,45,55)(H,46,57)(H,47,56)(H,48,54)/t29-,30-,31-,32-,33-/m0/s1. The summed E-state index contributed by atoms with van der Waals surface area (Å²) in [6.45, 7) is 2.95. The first-order chi connectivity index (χ1) is 28.6. The van der Waals surface area contributed by atoms with Gasteiger partial charge in [-0.05, 0) is 60.6 Å². The molecule has 1 aromatic heterocycles. The second kappa shape index (κ2) is 19.6. The van der Waals surface area contributed by atoms with Gasteiger partial charge in [-0.15, -0.1) is 0 Å². The number of aromatic nitrogens is 1. The number of carbonyl (C=O) groups excluding carboxylic acids is 6. The number of rotatable bonds is 18. The van der Waals surface area contributed by atoms with Crippen LogP contribution in [-0.4, -0.2) is 104 Å². The van der Waals surface area contributed by atoms with Crippen LogP contribution in [0, 0.1) is 16.0 Å². The number of nitro groups is 1. The van der Waals surface area contributed by atoms with Crippen LogP contribution in [0.15, 0.2) is 72.9 Å². The number of nitrogen functional groups attached to an aromatic ring is 1. The summed E-state index contributed by atoms with van der Waals surface area (Å²) in [7, 11) is 0. The summed E-state index contributed by atoms with van der Waals surface area (Å²) in [5.41, 5.74) is 12.9. The molecule has 6 amide bonds. The van der Waals surface area contributed by atoms with Crippen LogP contribution in [0.2, 0.25) is 0 Å². The molecule has 1 aliphatic rings. The maximum atomic E-state index is 14.5. The largest absolute Gasteiger partial charge is 0.502 e. The lowest BCUT2D eigenvalue weighted by molar-refractivity contribution is -0.385. The van der Waals surface area contributed by atoms with Crippen LogP contribution in [0.1, 0.15) is 54.6 Å². The molecule has 5 atom stereocenters. The molecule has 19 heteroatoms. The number of phenolic OH excluding ortho intramolecular Hbond substituents is 1. The third-order valence-electron chi connectivity index (χ3n) is 10.2. The number of H-pyrrole nitrogens is 1. The van der Waals surface area contributed by atoms with E-state index in [4.69, 9.17) is 11.5 Å². The van der Waals surface area contributed by atoms with Crippen molar-refractivity contribution in [3.8, 4) is 5.75 Å². The summed E-state index contributed by atoms with van der Waals surface area (Å²) in [5.74, 6) is -5.29. The van der Waals surface area contributed by atoms with Crippen molar-refractivity contribution in [1.82, 2.24) is 31.2 Å². The quantitative estimate of drug-likeness (QED) is 0.0386. The molecular formula is C41H49N9O10. The number of benzene rings is 3. The van der Waals surface area contributed by atoms with Gasteiger partial charge in [0.2, 0.25) is 29.5 Å². The van der Waals surface area contributed by atoms with Gasteiger partial charge < -0.3 is 52.8 Å². The predicted molar refractivity (Wildman–Crippen MR) is 219 cm³/mol. The Balaban J connectivity index is 1.34. The zero-order valence-electron chi connectivity index (χ0n) is 33.1. The number of hydrogen-bond donors (Lipinski definition) is 9. The highest BCUT2D eigenvalue weighted by molar-refractivity contribution is 6.02. The molecule has 0 saturated carbocycles. The van der Waals surface area contributed by atoms with Crippen LogP contribution in [0.5, 0.6) is 5.75 Å². The van der Waals surface area contributed by atoms with Crippen molar-refractivity contribution in [1.29, 1.82) is 0 Å². The van der Waals surface area contributed by atoms with E-state index < -0.39 is 88.6 Å². The Morgan fingerprint density at radius 3 is 2.27 bits per heavy atom. The monoisotopic (exact) mass is 827 g/mol. The Bertz CT molecular complexity index is 2260. The number of nitrogens with zero attached hydrogens (tertiary/aromatic N) is 2. The number of nitro benzene ring substituents is 1. The molecule has 2 heterocycles. The van der Waals surface area contributed by atoms with Crippen molar-refractivity contribution in [2.24, 2.45) is 11.7 Å². The van der Waals surface area contributed by atoms with Crippen LogP contribution in [-0.2, 0) is 36.8 Å². The Morgan fingerprint density at radius 2 is 1.58 bits per heavy atom. The van der Waals surface area contributed by atoms with Gasteiger partial charge in [0.1, 0.15) is 30.2 Å². The van der Waals surface area contributed by atoms with E-state index in [1.807, 2.05) is 38.1 Å². The summed E-state index contributed by atoms with van der Waals surface area (Å²) < 4.78 is 0. The lowest BCUT2D eigenvalue weighted by Gasteiger charge is -2.31. The minimum atomic E-state index is -1.48. The number of nitrogens with two attached hydrogens (primary N) is 2. The molecule has 0 aliphatic carbocycles. The van der Waals surface area contributed by atoms with Gasteiger partial charge in [0.25, 0.3) is 5.91 Å². The molecule has 318 valence electrons. The van der Waals surface area contributed by atoms with Gasteiger partial charge in [0.15, 0.2) is 5.75 Å². The molecule has 0 unspecified atom stereocenters. The summed E-state index contributed by atoms with van der Waals surface area (Å²) in [4.78, 5) is 96.4. The highest BCUT2D eigenvalue weighted by Crippen LogP contribution is 2.27. The normalized spacial score (nSPS) is 15.7. The van der Waals surface area contributed by atoms with Crippen LogP contribution >= 0.6 is 0 Å². The minimum Gasteiger partial charge on any atom is -0.502 e. The first-order valence-corrected chi connectivity index (χ1v) is 19.4. The van der Waals surface area contributed by atoms with E-state index in [-0.39, 0.29) is 55.0 Å².